The molecule has 0 aromatic carbocycles. The summed E-state index contributed by atoms with van der Waals surface area (Å²) in [7, 11) is 0. The van der Waals surface area contributed by atoms with Crippen LogP contribution in [0.3, 0.4) is 0 Å². The van der Waals surface area contributed by atoms with E-state index in [1.165, 1.54) is 0 Å². The quantitative estimate of drug-likeness (QED) is 0.440. The summed E-state index contributed by atoms with van der Waals surface area (Å²) in [6, 6.07) is 0. The van der Waals surface area contributed by atoms with Gasteiger partial charge in [0.1, 0.15) is 18.3 Å². The fourth-order valence-electron chi connectivity index (χ4n) is 2.68. The molecule has 0 amide bonds. The molecule has 1 aliphatic heterocycles. The molecule has 3 heterocycles. The zero-order chi connectivity index (χ0) is 18.5. The Morgan fingerprint density at radius 3 is 2.60 bits per heavy atom. The number of nitrogens with zero attached hydrogens (tertiary/aromatic N) is 2. The second-order valence-electron chi connectivity index (χ2n) is 6.92. The lowest BCUT2D eigenvalue weighted by molar-refractivity contribution is -0.0996. The average Bonchev–Trinajstić information content (AvgIpc) is 2.95. The molecule has 11 nitrogen and oxygen atoms in total. The van der Waals surface area contributed by atoms with Crippen molar-refractivity contribution in [2.24, 2.45) is 0 Å². The first-order chi connectivity index (χ1) is 11.6. The first-order valence-electron chi connectivity index (χ1n) is 7.74. The number of aliphatic hydroxyl groups is 2. The van der Waals surface area contributed by atoms with E-state index in [2.05, 4.69) is 15.0 Å². The average molecular weight is 355 g/mol. The Labute approximate surface area is 141 Å². The van der Waals surface area contributed by atoms with Gasteiger partial charge in [0.15, 0.2) is 17.4 Å². The van der Waals surface area contributed by atoms with Crippen molar-refractivity contribution in [2.75, 3.05) is 12.3 Å². The summed E-state index contributed by atoms with van der Waals surface area (Å²) in [5.41, 5.74) is 3.54. The van der Waals surface area contributed by atoms with E-state index in [4.69, 9.17) is 15.2 Å². The van der Waals surface area contributed by atoms with Crippen molar-refractivity contribution in [1.29, 1.82) is 0 Å². The molecule has 1 saturated heterocycles. The molecule has 4 atom stereocenters. The van der Waals surface area contributed by atoms with Crippen molar-refractivity contribution >= 4 is 17.1 Å². The summed E-state index contributed by atoms with van der Waals surface area (Å²) < 4.78 is 12.2. The summed E-state index contributed by atoms with van der Waals surface area (Å²) in [5, 5.41) is 20.5. The number of H-pyrrole nitrogens is 2. The van der Waals surface area contributed by atoms with E-state index < -0.39 is 41.4 Å². The molecule has 25 heavy (non-hydrogen) atoms. The number of aromatic amines is 2. The zero-order valence-electron chi connectivity index (χ0n) is 14.0. The van der Waals surface area contributed by atoms with Crippen LogP contribution >= 0.6 is 0 Å². The number of nitrogens with two attached hydrogens (primary N) is 1. The number of hydrogen-bond donors (Lipinski definition) is 5. The molecule has 0 bridgehead atoms. The Bertz CT molecular complexity index is 894. The number of anilines is 1. The van der Waals surface area contributed by atoms with Gasteiger partial charge in [0.25, 0.3) is 5.56 Å². The van der Waals surface area contributed by atoms with Gasteiger partial charge in [-0.15, -0.1) is 0 Å². The third kappa shape index (κ3) is 3.18. The fourth-order valence-corrected chi connectivity index (χ4v) is 2.68. The van der Waals surface area contributed by atoms with Crippen molar-refractivity contribution in [3.63, 3.8) is 0 Å². The third-order valence-corrected chi connectivity index (χ3v) is 3.87. The van der Waals surface area contributed by atoms with Gasteiger partial charge in [-0.25, -0.2) is 9.36 Å². The van der Waals surface area contributed by atoms with Crippen molar-refractivity contribution in [1.82, 2.24) is 19.5 Å². The van der Waals surface area contributed by atoms with Crippen molar-refractivity contribution in [3.8, 4) is 0 Å². The molecule has 6 N–H and O–H groups in total. The maximum Gasteiger partial charge on any atom is 0.330 e. The predicted molar refractivity (Wildman–Crippen MR) is 87.0 cm³/mol. The maximum absolute atomic E-state index is 12.2. The Morgan fingerprint density at radius 1 is 1.28 bits per heavy atom. The molecule has 1 fully saturated rings. The highest BCUT2D eigenvalue weighted by Gasteiger charge is 2.45. The Kier molecular flexibility index (Phi) is 4.19. The minimum atomic E-state index is -1.41. The SMILES string of the molecule is CC(C)(C)OC[C@H]1O[C@@H](n2c(=O)[nH]c3c(=O)[nH]c(N)nc32)C(O)C1O. The van der Waals surface area contributed by atoms with Crippen LogP contribution in [0.25, 0.3) is 11.2 Å². The predicted octanol–water partition coefficient (Wildman–Crippen LogP) is -1.57. The van der Waals surface area contributed by atoms with Crippen LogP contribution in [0.5, 0.6) is 0 Å². The van der Waals surface area contributed by atoms with Gasteiger partial charge in [0, 0.05) is 0 Å². The Morgan fingerprint density at radius 2 is 1.96 bits per heavy atom. The lowest BCUT2D eigenvalue weighted by atomic mass is 10.1. The lowest BCUT2D eigenvalue weighted by Crippen LogP contribution is -2.36. The van der Waals surface area contributed by atoms with E-state index in [9.17, 15) is 19.8 Å². The van der Waals surface area contributed by atoms with Gasteiger partial charge < -0.3 is 25.4 Å². The summed E-state index contributed by atoms with van der Waals surface area (Å²) in [4.78, 5) is 32.6. The van der Waals surface area contributed by atoms with Crippen LogP contribution in [-0.2, 0) is 9.47 Å². The number of nitrogen functional groups attached to an aromatic ring is 1. The number of hydrogen-bond acceptors (Lipinski definition) is 8. The van der Waals surface area contributed by atoms with Gasteiger partial charge in [-0.05, 0) is 20.8 Å². The van der Waals surface area contributed by atoms with E-state index in [1.807, 2.05) is 20.8 Å². The summed E-state index contributed by atoms with van der Waals surface area (Å²) in [6.45, 7) is 5.54. The second kappa shape index (κ2) is 5.95. The van der Waals surface area contributed by atoms with Gasteiger partial charge in [-0.2, -0.15) is 4.98 Å². The Balaban J connectivity index is 1.97. The highest BCUT2D eigenvalue weighted by atomic mass is 16.6. The smallest absolute Gasteiger partial charge is 0.330 e. The summed E-state index contributed by atoms with van der Waals surface area (Å²) in [5.74, 6) is -0.189. The molecule has 2 aromatic heterocycles. The molecular formula is C14H21N5O6. The second-order valence-corrected chi connectivity index (χ2v) is 6.92. The number of aliphatic hydroxyl groups excluding tert-OH is 2. The number of imidazole rings is 1. The first-order valence-corrected chi connectivity index (χ1v) is 7.74. The fraction of sp³-hybridized carbons (Fsp3) is 0.643. The monoisotopic (exact) mass is 355 g/mol. The van der Waals surface area contributed by atoms with E-state index in [0.29, 0.717) is 0 Å². The van der Waals surface area contributed by atoms with Crippen molar-refractivity contribution < 1.29 is 19.7 Å². The van der Waals surface area contributed by atoms with Gasteiger partial charge in [-0.3, -0.25) is 14.8 Å². The highest BCUT2D eigenvalue weighted by molar-refractivity contribution is 5.70. The van der Waals surface area contributed by atoms with E-state index in [1.54, 1.807) is 0 Å². The third-order valence-electron chi connectivity index (χ3n) is 3.87. The van der Waals surface area contributed by atoms with Gasteiger partial charge in [-0.1, -0.05) is 0 Å². The molecule has 1 aliphatic rings. The normalized spacial score (nSPS) is 27.2. The number of aromatic nitrogens is 4. The highest BCUT2D eigenvalue weighted by Crippen LogP contribution is 2.30. The molecule has 138 valence electrons. The molecule has 0 radical (unpaired) electrons. The topological polar surface area (TPSA) is 168 Å². The molecule has 3 rings (SSSR count). The van der Waals surface area contributed by atoms with Crippen LogP contribution in [0, 0.1) is 0 Å². The number of rotatable bonds is 3. The molecule has 0 aliphatic carbocycles. The van der Waals surface area contributed by atoms with Crippen LogP contribution in [-0.4, -0.2) is 60.3 Å². The number of fused-ring (bicyclic) bond motifs is 1. The maximum atomic E-state index is 12.2. The van der Waals surface area contributed by atoms with Crippen LogP contribution < -0.4 is 17.0 Å². The Hall–Kier alpha value is -2.21. The molecule has 11 heteroatoms. The standard InChI is InChI=1S/C14H21N5O6/c1-14(2,3)24-4-5-7(20)8(21)11(25-5)19-9-6(16-13(19)23)10(22)18-12(15)17-9/h5,7-8,11,20-21H,4H2,1-3H3,(H,16,23)(H3,15,17,18,22)/t5-,7?,8?,11-/m1/s1. The lowest BCUT2D eigenvalue weighted by Gasteiger charge is -2.23. The summed E-state index contributed by atoms with van der Waals surface area (Å²) in [6.07, 6.45) is -4.77. The first kappa shape index (κ1) is 17.6. The van der Waals surface area contributed by atoms with Crippen LogP contribution in [0.2, 0.25) is 0 Å². The van der Waals surface area contributed by atoms with Gasteiger partial charge in [0.05, 0.1) is 12.2 Å². The van der Waals surface area contributed by atoms with Crippen LogP contribution in [0.1, 0.15) is 27.0 Å². The van der Waals surface area contributed by atoms with Crippen molar-refractivity contribution in [2.45, 2.75) is 50.9 Å². The van der Waals surface area contributed by atoms with E-state index in [0.717, 1.165) is 4.57 Å². The summed E-state index contributed by atoms with van der Waals surface area (Å²) >= 11 is 0. The molecule has 2 aromatic rings. The molecular weight excluding hydrogens is 334 g/mol. The van der Waals surface area contributed by atoms with Crippen LogP contribution in [0.4, 0.5) is 5.95 Å². The van der Waals surface area contributed by atoms with Gasteiger partial charge >= 0.3 is 5.69 Å². The van der Waals surface area contributed by atoms with Crippen molar-refractivity contribution in [3.05, 3.63) is 20.8 Å². The zero-order valence-corrected chi connectivity index (χ0v) is 14.0. The minimum Gasteiger partial charge on any atom is -0.387 e. The molecule has 0 spiro atoms. The largest absolute Gasteiger partial charge is 0.387 e. The van der Waals surface area contributed by atoms with E-state index in [-0.39, 0.29) is 23.7 Å². The molecule has 2 unspecified atom stereocenters. The number of nitrogens with one attached hydrogen (secondary N) is 2. The van der Waals surface area contributed by atoms with Gasteiger partial charge in [0.2, 0.25) is 5.95 Å². The van der Waals surface area contributed by atoms with Crippen LogP contribution in [0.15, 0.2) is 9.59 Å². The minimum absolute atomic E-state index is 0.0193. The van der Waals surface area contributed by atoms with E-state index >= 15 is 0 Å². The number of ether oxygens (including phenoxy) is 2. The molecule has 0 saturated carbocycles.